The second-order valence-electron chi connectivity index (χ2n) is 5.62. The van der Waals surface area contributed by atoms with Crippen molar-refractivity contribution in [2.75, 3.05) is 0 Å². The van der Waals surface area contributed by atoms with Gasteiger partial charge in [0.1, 0.15) is 11.5 Å². The fraction of sp³-hybridized carbons (Fsp3) is 0.105. The molecule has 3 rings (SSSR count). The Morgan fingerprint density at radius 2 is 1.70 bits per heavy atom. The molecule has 0 aliphatic heterocycles. The van der Waals surface area contributed by atoms with Crippen LogP contribution in [0.3, 0.4) is 0 Å². The highest BCUT2D eigenvalue weighted by Gasteiger charge is 2.33. The molecule has 0 radical (unpaired) electrons. The Balaban J connectivity index is 1.99. The summed E-state index contributed by atoms with van der Waals surface area (Å²) in [6.45, 7) is 1.58. The van der Waals surface area contributed by atoms with E-state index in [1.54, 1.807) is 13.0 Å². The van der Waals surface area contributed by atoms with Crippen molar-refractivity contribution < 1.29 is 35.9 Å². The maximum Gasteiger partial charge on any atom is 0.416 e. The molecule has 1 aromatic heterocycles. The number of carbonyl (C=O) groups is 1. The van der Waals surface area contributed by atoms with Gasteiger partial charge >= 0.3 is 6.18 Å². The Hall–Kier alpha value is -3.16. The molecule has 0 fully saturated rings. The lowest BCUT2D eigenvalue weighted by molar-refractivity contribution is -0.138. The molecule has 0 N–H and O–H groups in total. The zero-order valence-corrected chi connectivity index (χ0v) is 13.7. The summed E-state index contributed by atoms with van der Waals surface area (Å²) in [5, 5.41) is 0. The minimum absolute atomic E-state index is 0.0223. The van der Waals surface area contributed by atoms with E-state index in [1.165, 1.54) is 24.3 Å². The molecular formula is C19H11F5O3. The van der Waals surface area contributed by atoms with Crippen LogP contribution in [0, 0.1) is 18.6 Å². The summed E-state index contributed by atoms with van der Waals surface area (Å²) in [6.07, 6.45) is -4.36. The SMILES string of the molecule is Cc1c(Oc2c(F)cc(C(F)(F)F)cc2F)cccc1-c1ccc(C=O)o1. The minimum atomic E-state index is -4.88. The normalized spacial score (nSPS) is 11.5. The first kappa shape index (κ1) is 18.6. The van der Waals surface area contributed by atoms with Gasteiger partial charge < -0.3 is 9.15 Å². The van der Waals surface area contributed by atoms with Crippen LogP contribution < -0.4 is 4.74 Å². The van der Waals surface area contributed by atoms with Crippen LogP contribution in [0.5, 0.6) is 11.5 Å². The smallest absolute Gasteiger partial charge is 0.416 e. The van der Waals surface area contributed by atoms with E-state index >= 15 is 0 Å². The van der Waals surface area contributed by atoms with Gasteiger partial charge in [-0.1, -0.05) is 12.1 Å². The van der Waals surface area contributed by atoms with Gasteiger partial charge in [-0.3, -0.25) is 4.79 Å². The predicted molar refractivity (Wildman–Crippen MR) is 85.7 cm³/mol. The lowest BCUT2D eigenvalue weighted by Gasteiger charge is -2.14. The van der Waals surface area contributed by atoms with Gasteiger partial charge in [0, 0.05) is 11.1 Å². The van der Waals surface area contributed by atoms with E-state index in [2.05, 4.69) is 0 Å². The van der Waals surface area contributed by atoms with E-state index in [-0.39, 0.29) is 23.6 Å². The van der Waals surface area contributed by atoms with E-state index < -0.39 is 29.1 Å². The van der Waals surface area contributed by atoms with E-state index in [4.69, 9.17) is 9.15 Å². The second-order valence-corrected chi connectivity index (χ2v) is 5.62. The van der Waals surface area contributed by atoms with Crippen LogP contribution in [-0.2, 0) is 6.18 Å². The van der Waals surface area contributed by atoms with Crippen LogP contribution in [0.1, 0.15) is 21.7 Å². The molecule has 0 atom stereocenters. The van der Waals surface area contributed by atoms with Crippen molar-refractivity contribution in [2.24, 2.45) is 0 Å². The predicted octanol–water partition coefficient (Wildman–Crippen LogP) is 6.16. The Kier molecular flexibility index (Phi) is 4.73. The molecule has 3 aromatic rings. The fourth-order valence-corrected chi connectivity index (χ4v) is 2.48. The molecule has 0 aliphatic rings. The third-order valence-electron chi connectivity index (χ3n) is 3.83. The average Bonchev–Trinajstić information content (AvgIpc) is 3.07. The number of hydrogen-bond donors (Lipinski definition) is 0. The van der Waals surface area contributed by atoms with Crippen LogP contribution in [-0.4, -0.2) is 6.29 Å². The van der Waals surface area contributed by atoms with E-state index in [0.717, 1.165) is 0 Å². The first-order valence-corrected chi connectivity index (χ1v) is 7.60. The molecule has 8 heteroatoms. The summed E-state index contributed by atoms with van der Waals surface area (Å²) in [5.74, 6) is -3.46. The molecule has 0 amide bonds. The summed E-state index contributed by atoms with van der Waals surface area (Å²) in [6, 6.07) is 7.87. The summed E-state index contributed by atoms with van der Waals surface area (Å²) in [5.41, 5.74) is -0.538. The molecule has 140 valence electrons. The van der Waals surface area contributed by atoms with Crippen molar-refractivity contribution in [2.45, 2.75) is 13.1 Å². The van der Waals surface area contributed by atoms with Crippen molar-refractivity contribution in [3.63, 3.8) is 0 Å². The van der Waals surface area contributed by atoms with Gasteiger partial charge in [-0.05, 0) is 37.3 Å². The van der Waals surface area contributed by atoms with E-state index in [9.17, 15) is 26.7 Å². The maximum atomic E-state index is 14.0. The van der Waals surface area contributed by atoms with Gasteiger partial charge in [0.2, 0.25) is 0 Å². The number of halogens is 5. The average molecular weight is 382 g/mol. The lowest BCUT2D eigenvalue weighted by atomic mass is 10.1. The van der Waals surface area contributed by atoms with Gasteiger partial charge in [-0.2, -0.15) is 13.2 Å². The molecule has 0 saturated heterocycles. The Morgan fingerprint density at radius 3 is 2.26 bits per heavy atom. The summed E-state index contributed by atoms with van der Waals surface area (Å²) in [7, 11) is 0. The van der Waals surface area contributed by atoms with Crippen molar-refractivity contribution in [3.05, 3.63) is 71.0 Å². The minimum Gasteiger partial charge on any atom is -0.453 e. The number of aldehydes is 1. The maximum absolute atomic E-state index is 14.0. The second kappa shape index (κ2) is 6.86. The van der Waals surface area contributed by atoms with Crippen LogP contribution >= 0.6 is 0 Å². The number of furan rings is 1. The van der Waals surface area contributed by atoms with Crippen LogP contribution in [0.4, 0.5) is 22.0 Å². The third-order valence-corrected chi connectivity index (χ3v) is 3.83. The molecule has 1 heterocycles. The first-order valence-electron chi connectivity index (χ1n) is 7.60. The van der Waals surface area contributed by atoms with Crippen molar-refractivity contribution in [1.29, 1.82) is 0 Å². The van der Waals surface area contributed by atoms with Gasteiger partial charge in [-0.15, -0.1) is 0 Å². The number of rotatable bonds is 4. The zero-order chi connectivity index (χ0) is 19.8. The zero-order valence-electron chi connectivity index (χ0n) is 13.7. The molecule has 0 saturated carbocycles. The van der Waals surface area contributed by atoms with Gasteiger partial charge in [0.15, 0.2) is 29.4 Å². The standard InChI is InChI=1S/C19H11F5O3/c1-10-13(17-6-5-12(9-25)26-17)3-2-4-16(10)27-18-14(20)7-11(8-15(18)21)19(22,23)24/h2-9H,1H3. The largest absolute Gasteiger partial charge is 0.453 e. The third kappa shape index (κ3) is 3.69. The molecule has 0 aliphatic carbocycles. The summed E-state index contributed by atoms with van der Waals surface area (Å²) >= 11 is 0. The lowest BCUT2D eigenvalue weighted by Crippen LogP contribution is -2.07. The molecule has 0 bridgehead atoms. The van der Waals surface area contributed by atoms with E-state index in [1.807, 2.05) is 0 Å². The first-order chi connectivity index (χ1) is 12.7. The Morgan fingerprint density at radius 1 is 1.04 bits per heavy atom. The van der Waals surface area contributed by atoms with E-state index in [0.29, 0.717) is 23.2 Å². The highest BCUT2D eigenvalue weighted by Crippen LogP contribution is 2.38. The molecule has 3 nitrogen and oxygen atoms in total. The van der Waals surface area contributed by atoms with Gasteiger partial charge in [0.25, 0.3) is 0 Å². The van der Waals surface area contributed by atoms with Crippen molar-refractivity contribution >= 4 is 6.29 Å². The highest BCUT2D eigenvalue weighted by atomic mass is 19.4. The fourth-order valence-electron chi connectivity index (χ4n) is 2.48. The molecule has 0 spiro atoms. The number of benzene rings is 2. The van der Waals surface area contributed by atoms with Crippen LogP contribution in [0.25, 0.3) is 11.3 Å². The van der Waals surface area contributed by atoms with Crippen molar-refractivity contribution in [1.82, 2.24) is 0 Å². The molecule has 27 heavy (non-hydrogen) atoms. The molecule has 2 aromatic carbocycles. The van der Waals surface area contributed by atoms with Crippen molar-refractivity contribution in [3.8, 4) is 22.8 Å². The molecule has 0 unspecified atom stereocenters. The van der Waals surface area contributed by atoms with Gasteiger partial charge in [0.05, 0.1) is 5.56 Å². The number of alkyl halides is 3. The number of carbonyl (C=O) groups excluding carboxylic acids is 1. The quantitative estimate of drug-likeness (QED) is 0.401. The topological polar surface area (TPSA) is 39.4 Å². The van der Waals surface area contributed by atoms with Gasteiger partial charge in [-0.25, -0.2) is 8.78 Å². The Bertz CT molecular complexity index is 982. The van der Waals surface area contributed by atoms with Crippen LogP contribution in [0.2, 0.25) is 0 Å². The summed E-state index contributed by atoms with van der Waals surface area (Å²) < 4.78 is 76.4. The highest BCUT2D eigenvalue weighted by molar-refractivity contribution is 5.74. The Labute approximate surface area is 150 Å². The number of hydrogen-bond acceptors (Lipinski definition) is 3. The molecular weight excluding hydrogens is 371 g/mol. The number of ether oxygens (including phenoxy) is 1. The summed E-state index contributed by atoms with van der Waals surface area (Å²) in [4.78, 5) is 10.7. The monoisotopic (exact) mass is 382 g/mol. The van der Waals surface area contributed by atoms with Crippen LogP contribution in [0.15, 0.2) is 46.9 Å².